The van der Waals surface area contributed by atoms with E-state index in [1.165, 1.54) is 29.5 Å². The average Bonchev–Trinajstić information content (AvgIpc) is 2.89. The van der Waals surface area contributed by atoms with Crippen LogP contribution >= 0.6 is 22.9 Å². The Morgan fingerprint density at radius 3 is 2.60 bits per heavy atom. The molecule has 2 aromatic carbocycles. The van der Waals surface area contributed by atoms with Crippen LogP contribution in [0.4, 0.5) is 8.78 Å². The number of aliphatic hydroxyl groups is 1. The highest BCUT2D eigenvalue weighted by Gasteiger charge is 2.24. The summed E-state index contributed by atoms with van der Waals surface area (Å²) in [5.74, 6) is -0.452. The quantitative estimate of drug-likeness (QED) is 0.466. The normalized spacial score (nSPS) is 14.0. The fraction of sp³-hybridized carbons (Fsp3) is 0.200. The van der Waals surface area contributed by atoms with Crippen LogP contribution in [0.25, 0.3) is 27.0 Å². The van der Waals surface area contributed by atoms with E-state index in [4.69, 9.17) is 11.6 Å². The lowest BCUT2D eigenvalue weighted by Crippen LogP contribution is -2.01. The van der Waals surface area contributed by atoms with Crippen molar-refractivity contribution in [1.82, 2.24) is 0 Å². The smallest absolute Gasteiger partial charge is 0.132 e. The van der Waals surface area contributed by atoms with Crippen LogP contribution in [-0.2, 0) is 0 Å². The second-order valence-electron chi connectivity index (χ2n) is 6.29. The van der Waals surface area contributed by atoms with Gasteiger partial charge in [0.25, 0.3) is 0 Å². The van der Waals surface area contributed by atoms with E-state index in [0.29, 0.717) is 21.0 Å². The van der Waals surface area contributed by atoms with Crippen LogP contribution in [0.3, 0.4) is 0 Å². The predicted molar refractivity (Wildman–Crippen MR) is 100 cm³/mol. The summed E-state index contributed by atoms with van der Waals surface area (Å²) >= 11 is 7.76. The predicted octanol–water partition coefficient (Wildman–Crippen LogP) is 7.26. The largest absolute Gasteiger partial charge is 0.506 e. The van der Waals surface area contributed by atoms with Gasteiger partial charge in [-0.3, -0.25) is 0 Å². The number of rotatable bonds is 2. The zero-order valence-corrected chi connectivity index (χ0v) is 15.1. The molecule has 0 amide bonds. The maximum atomic E-state index is 13.8. The minimum Gasteiger partial charge on any atom is -0.506 e. The molecule has 5 heteroatoms. The van der Waals surface area contributed by atoms with Crippen molar-refractivity contribution in [3.63, 3.8) is 0 Å². The summed E-state index contributed by atoms with van der Waals surface area (Å²) in [5.41, 5.74) is 2.76. The van der Waals surface area contributed by atoms with Crippen molar-refractivity contribution >= 4 is 38.8 Å². The van der Waals surface area contributed by atoms with Gasteiger partial charge >= 0.3 is 0 Å². The van der Waals surface area contributed by atoms with Crippen LogP contribution < -0.4 is 0 Å². The molecule has 1 aromatic heterocycles. The second kappa shape index (κ2) is 6.11. The molecule has 4 rings (SSSR count). The van der Waals surface area contributed by atoms with Gasteiger partial charge in [-0.2, -0.15) is 0 Å². The Bertz CT molecular complexity index is 1030. The van der Waals surface area contributed by atoms with Crippen molar-refractivity contribution < 1.29 is 13.9 Å². The molecule has 1 aliphatic rings. The number of hydrogen-bond acceptors (Lipinski definition) is 2. The molecule has 1 nitrogen and oxygen atoms in total. The first-order valence-corrected chi connectivity index (χ1v) is 9.25. The van der Waals surface area contributed by atoms with Crippen LogP contribution in [0.1, 0.15) is 29.7 Å². The number of benzene rings is 2. The molecule has 1 N–H and O–H groups in total. The van der Waals surface area contributed by atoms with Gasteiger partial charge in [-0.1, -0.05) is 11.6 Å². The van der Waals surface area contributed by atoms with Gasteiger partial charge in [0, 0.05) is 26.8 Å². The molecule has 128 valence electrons. The standard InChI is InChI=1S/C20H15ClF2OS/c1-10-15(23)8-7-14(18(10)21)17-13-6-5-12(22)9-16(13)25-20(17)19(24)11-3-2-4-11/h5-9,24H,2-4H2,1H3. The van der Waals surface area contributed by atoms with Gasteiger partial charge in [-0.15, -0.1) is 11.3 Å². The summed E-state index contributed by atoms with van der Waals surface area (Å²) in [6, 6.07) is 7.53. The number of thiophene rings is 1. The minimum atomic E-state index is -0.373. The van der Waals surface area contributed by atoms with Crippen molar-refractivity contribution in [2.24, 2.45) is 0 Å². The third kappa shape index (κ3) is 2.64. The Morgan fingerprint density at radius 2 is 1.92 bits per heavy atom. The molecule has 1 saturated carbocycles. The molecular formula is C20H15ClF2OS. The molecular weight excluding hydrogens is 362 g/mol. The lowest BCUT2D eigenvalue weighted by molar-refractivity contribution is 0.488. The molecule has 0 spiro atoms. The van der Waals surface area contributed by atoms with Crippen molar-refractivity contribution in [2.75, 3.05) is 0 Å². The molecule has 0 bridgehead atoms. The van der Waals surface area contributed by atoms with Gasteiger partial charge in [-0.05, 0) is 62.1 Å². The van der Waals surface area contributed by atoms with Crippen LogP contribution in [0, 0.1) is 18.6 Å². The monoisotopic (exact) mass is 376 g/mol. The molecule has 1 fully saturated rings. The minimum absolute atomic E-state index is 0.251. The van der Waals surface area contributed by atoms with Gasteiger partial charge in [0.1, 0.15) is 17.4 Å². The zero-order valence-electron chi connectivity index (χ0n) is 13.5. The van der Waals surface area contributed by atoms with Gasteiger partial charge in [0.05, 0.1) is 9.90 Å². The average molecular weight is 377 g/mol. The highest BCUT2D eigenvalue weighted by Crippen LogP contribution is 2.47. The molecule has 25 heavy (non-hydrogen) atoms. The molecule has 0 saturated heterocycles. The molecule has 0 aliphatic heterocycles. The third-order valence-corrected chi connectivity index (χ3v) is 6.40. The maximum Gasteiger partial charge on any atom is 0.132 e. The first-order chi connectivity index (χ1) is 12.0. The lowest BCUT2D eigenvalue weighted by atomic mass is 9.89. The lowest BCUT2D eigenvalue weighted by Gasteiger charge is -2.19. The van der Waals surface area contributed by atoms with Crippen LogP contribution in [0.2, 0.25) is 5.02 Å². The third-order valence-electron chi connectivity index (χ3n) is 4.75. The van der Waals surface area contributed by atoms with Crippen LogP contribution in [0.15, 0.2) is 35.9 Å². The fourth-order valence-electron chi connectivity index (χ4n) is 3.11. The SMILES string of the molecule is Cc1c(F)ccc(-c2c(C(O)=C3CCC3)sc3cc(F)ccc23)c1Cl. The van der Waals surface area contributed by atoms with E-state index < -0.39 is 0 Å². The maximum absolute atomic E-state index is 13.8. The van der Waals surface area contributed by atoms with Crippen LogP contribution in [-0.4, -0.2) is 5.11 Å². The zero-order chi connectivity index (χ0) is 17.7. The highest BCUT2D eigenvalue weighted by atomic mass is 35.5. The van der Waals surface area contributed by atoms with Gasteiger partial charge < -0.3 is 5.11 Å². The van der Waals surface area contributed by atoms with E-state index in [0.717, 1.165) is 40.5 Å². The number of fused-ring (bicyclic) bond motifs is 1. The Kier molecular flexibility index (Phi) is 4.05. The van der Waals surface area contributed by atoms with E-state index in [1.807, 2.05) is 0 Å². The number of halogens is 3. The Labute approximate surface area is 153 Å². The summed E-state index contributed by atoms with van der Waals surface area (Å²) in [7, 11) is 0. The molecule has 0 radical (unpaired) electrons. The fourth-order valence-corrected chi connectivity index (χ4v) is 4.59. The Morgan fingerprint density at radius 1 is 1.16 bits per heavy atom. The first-order valence-electron chi connectivity index (χ1n) is 8.05. The van der Waals surface area contributed by atoms with Crippen molar-refractivity contribution in [2.45, 2.75) is 26.2 Å². The van der Waals surface area contributed by atoms with Crippen LogP contribution in [0.5, 0.6) is 0 Å². The molecule has 3 aromatic rings. The van der Waals surface area contributed by atoms with Gasteiger partial charge in [0.2, 0.25) is 0 Å². The van der Waals surface area contributed by atoms with E-state index in [2.05, 4.69) is 0 Å². The summed E-state index contributed by atoms with van der Waals surface area (Å²) in [4.78, 5) is 0.670. The van der Waals surface area contributed by atoms with Crippen molar-refractivity contribution in [3.8, 4) is 11.1 Å². The van der Waals surface area contributed by atoms with Crippen molar-refractivity contribution in [3.05, 3.63) is 63.0 Å². The van der Waals surface area contributed by atoms with Gasteiger partial charge in [0.15, 0.2) is 0 Å². The number of allylic oxidation sites excluding steroid dienone is 1. The summed E-state index contributed by atoms with van der Waals surface area (Å²) < 4.78 is 28.2. The first kappa shape index (κ1) is 16.6. The van der Waals surface area contributed by atoms with E-state index in [9.17, 15) is 13.9 Å². The Balaban J connectivity index is 2.06. The van der Waals surface area contributed by atoms with E-state index in [1.54, 1.807) is 19.1 Å². The summed E-state index contributed by atoms with van der Waals surface area (Å²) in [6.07, 6.45) is 2.79. The van der Waals surface area contributed by atoms with Gasteiger partial charge in [-0.25, -0.2) is 8.78 Å². The van der Waals surface area contributed by atoms with Crippen molar-refractivity contribution in [1.29, 1.82) is 0 Å². The topological polar surface area (TPSA) is 20.2 Å². The highest BCUT2D eigenvalue weighted by molar-refractivity contribution is 7.20. The second-order valence-corrected chi connectivity index (χ2v) is 7.72. The van der Waals surface area contributed by atoms with E-state index in [-0.39, 0.29) is 17.4 Å². The number of aliphatic hydroxyl groups excluding tert-OH is 1. The molecule has 0 unspecified atom stereocenters. The number of hydrogen-bond donors (Lipinski definition) is 1. The summed E-state index contributed by atoms with van der Waals surface area (Å²) in [5, 5.41) is 11.9. The summed E-state index contributed by atoms with van der Waals surface area (Å²) in [6.45, 7) is 1.62. The van der Waals surface area contributed by atoms with E-state index >= 15 is 0 Å². The molecule has 1 aliphatic carbocycles. The molecule has 1 heterocycles. The Hall–Kier alpha value is -1.91. The molecule has 0 atom stereocenters.